The number of aliphatic hydroxyl groups excluding tert-OH is 5. The molecule has 0 spiro atoms. The highest BCUT2D eigenvalue weighted by Gasteiger charge is 2.44. The summed E-state index contributed by atoms with van der Waals surface area (Å²) < 4.78 is 11.1. The number of hydrogen-bond donors (Lipinski definition) is 6. The van der Waals surface area contributed by atoms with Gasteiger partial charge in [0.25, 0.3) is 0 Å². The first-order valence-electron chi connectivity index (χ1n) is 22.3. The van der Waals surface area contributed by atoms with Gasteiger partial charge >= 0.3 is 0 Å². The van der Waals surface area contributed by atoms with Crippen LogP contribution in [0.1, 0.15) is 155 Å². The van der Waals surface area contributed by atoms with Crippen molar-refractivity contribution < 1.29 is 39.8 Å². The Morgan fingerprint density at radius 2 is 1.09 bits per heavy atom. The average Bonchev–Trinajstić information content (AvgIpc) is 3.21. The minimum Gasteiger partial charge on any atom is -0.394 e. The number of aliphatic hydroxyl groups is 5. The summed E-state index contributed by atoms with van der Waals surface area (Å²) in [6.07, 6.45) is 45.4. The van der Waals surface area contributed by atoms with Crippen molar-refractivity contribution in [3.05, 3.63) is 85.1 Å². The third kappa shape index (κ3) is 28.4. The molecule has 0 aliphatic carbocycles. The van der Waals surface area contributed by atoms with Crippen molar-refractivity contribution >= 4 is 5.91 Å². The summed E-state index contributed by atoms with van der Waals surface area (Å²) in [6.45, 7) is 3.51. The molecule has 1 rings (SSSR count). The second kappa shape index (κ2) is 37.6. The van der Waals surface area contributed by atoms with E-state index in [0.717, 1.165) is 96.3 Å². The van der Waals surface area contributed by atoms with Gasteiger partial charge in [0.2, 0.25) is 5.91 Å². The SMILES string of the molecule is CC/C=C\C/C=C\C/C=C\C/C=C\C/C=C\C/C=C\CCCCCCCCCCCCC(=O)NC(COC1OC(CO)C(O)C(O)C1O)C(O)/C=C/CCCCC. The Morgan fingerprint density at radius 3 is 1.61 bits per heavy atom. The fourth-order valence-corrected chi connectivity index (χ4v) is 6.39. The van der Waals surface area contributed by atoms with Crippen LogP contribution in [0.25, 0.3) is 0 Å². The lowest BCUT2D eigenvalue weighted by Gasteiger charge is -2.40. The molecule has 0 saturated carbocycles. The first kappa shape index (κ1) is 52.4. The molecule has 1 aliphatic heterocycles. The van der Waals surface area contributed by atoms with Crippen molar-refractivity contribution in [2.75, 3.05) is 13.2 Å². The van der Waals surface area contributed by atoms with Crippen molar-refractivity contribution in [3.63, 3.8) is 0 Å². The molecule has 7 unspecified atom stereocenters. The number of allylic oxidation sites excluding steroid dienone is 13. The van der Waals surface area contributed by atoms with E-state index in [1.165, 1.54) is 38.5 Å². The van der Waals surface area contributed by atoms with E-state index in [1.54, 1.807) is 6.08 Å². The zero-order valence-electron chi connectivity index (χ0n) is 35.6. The first-order valence-corrected chi connectivity index (χ1v) is 22.3. The minimum atomic E-state index is -1.57. The summed E-state index contributed by atoms with van der Waals surface area (Å²) in [7, 11) is 0. The molecule has 0 radical (unpaired) electrons. The van der Waals surface area contributed by atoms with Crippen molar-refractivity contribution in [3.8, 4) is 0 Å². The topological polar surface area (TPSA) is 149 Å². The summed E-state index contributed by atoms with van der Waals surface area (Å²) in [6, 6.07) is -0.807. The highest BCUT2D eigenvalue weighted by Crippen LogP contribution is 2.22. The summed E-state index contributed by atoms with van der Waals surface area (Å²) in [5.41, 5.74) is 0. The Morgan fingerprint density at radius 1 is 0.614 bits per heavy atom. The zero-order valence-corrected chi connectivity index (χ0v) is 35.6. The monoisotopic (exact) mass is 800 g/mol. The summed E-state index contributed by atoms with van der Waals surface area (Å²) in [4.78, 5) is 12.8. The van der Waals surface area contributed by atoms with Crippen molar-refractivity contribution in [2.45, 2.75) is 198 Å². The van der Waals surface area contributed by atoms with Crippen LogP contribution in [0.2, 0.25) is 0 Å². The maximum absolute atomic E-state index is 12.8. The van der Waals surface area contributed by atoms with E-state index in [2.05, 4.69) is 92.1 Å². The highest BCUT2D eigenvalue weighted by molar-refractivity contribution is 5.76. The molecule has 57 heavy (non-hydrogen) atoms. The molecular weight excluding hydrogens is 719 g/mol. The number of ether oxygens (including phenoxy) is 2. The lowest BCUT2D eigenvalue weighted by atomic mass is 9.99. The first-order chi connectivity index (χ1) is 27.8. The molecule has 9 heteroatoms. The predicted octanol–water partition coefficient (Wildman–Crippen LogP) is 9.16. The Balaban J connectivity index is 2.14. The van der Waals surface area contributed by atoms with Crippen LogP contribution in [-0.4, -0.2) is 87.5 Å². The van der Waals surface area contributed by atoms with E-state index in [4.69, 9.17) is 9.47 Å². The Bertz CT molecular complexity index is 1160. The predicted molar refractivity (Wildman–Crippen MR) is 235 cm³/mol. The van der Waals surface area contributed by atoms with E-state index in [1.807, 2.05) is 6.08 Å². The smallest absolute Gasteiger partial charge is 0.220 e. The van der Waals surface area contributed by atoms with Crippen LogP contribution in [0.3, 0.4) is 0 Å². The molecule has 1 fully saturated rings. The van der Waals surface area contributed by atoms with Crippen molar-refractivity contribution in [1.82, 2.24) is 5.32 Å². The van der Waals surface area contributed by atoms with E-state index < -0.39 is 49.5 Å². The largest absolute Gasteiger partial charge is 0.394 e. The fraction of sp³-hybridized carbons (Fsp3) is 0.688. The average molecular weight is 800 g/mol. The maximum atomic E-state index is 12.8. The van der Waals surface area contributed by atoms with Gasteiger partial charge in [0.05, 0.1) is 25.4 Å². The summed E-state index contributed by atoms with van der Waals surface area (Å²) >= 11 is 0. The van der Waals surface area contributed by atoms with Crippen molar-refractivity contribution in [2.24, 2.45) is 0 Å². The second-order valence-corrected chi connectivity index (χ2v) is 15.1. The van der Waals surface area contributed by atoms with Crippen molar-refractivity contribution in [1.29, 1.82) is 0 Å². The Labute approximate surface area is 346 Å². The van der Waals surface area contributed by atoms with Gasteiger partial charge < -0.3 is 40.3 Å². The third-order valence-electron chi connectivity index (χ3n) is 9.98. The molecule has 0 aromatic rings. The molecule has 6 N–H and O–H groups in total. The van der Waals surface area contributed by atoms with Crippen LogP contribution < -0.4 is 5.32 Å². The van der Waals surface area contributed by atoms with Gasteiger partial charge in [-0.25, -0.2) is 0 Å². The minimum absolute atomic E-state index is 0.195. The summed E-state index contributed by atoms with van der Waals surface area (Å²) in [5.74, 6) is -0.195. The van der Waals surface area contributed by atoms with E-state index in [-0.39, 0.29) is 12.5 Å². The molecule has 326 valence electrons. The maximum Gasteiger partial charge on any atom is 0.220 e. The molecule has 0 aromatic carbocycles. The number of carbonyl (C=O) groups is 1. The van der Waals surface area contributed by atoms with Crippen LogP contribution >= 0.6 is 0 Å². The zero-order chi connectivity index (χ0) is 41.6. The van der Waals surface area contributed by atoms with E-state index >= 15 is 0 Å². The van der Waals surface area contributed by atoms with E-state index in [9.17, 15) is 30.3 Å². The number of unbranched alkanes of at least 4 members (excludes halogenated alkanes) is 13. The quantitative estimate of drug-likeness (QED) is 0.0275. The molecule has 7 atom stereocenters. The van der Waals surface area contributed by atoms with Gasteiger partial charge in [-0.2, -0.15) is 0 Å². The number of hydrogen-bond acceptors (Lipinski definition) is 8. The normalized spacial score (nSPS) is 21.8. The standard InChI is InChI=1S/C48H81NO8/c1-3-5-7-9-10-11-12-13-14-15-16-17-18-19-20-21-22-23-24-25-26-27-28-29-30-31-32-34-36-38-44(52)49-41(42(51)37-35-33-8-6-4-2)40-56-48-47(55)46(54)45(53)43(39-50)57-48/h5,7,10-11,13-14,16-17,19-20,22-23,35,37,41-43,45-48,50-51,53-55H,3-4,6,8-9,12,15,18,21,24-34,36,38-40H2,1-2H3,(H,49,52)/b7-5-,11-10-,14-13-,17-16-,20-19-,23-22-,37-35+. The molecule has 1 saturated heterocycles. The van der Waals surface area contributed by atoms with E-state index in [0.29, 0.717) is 6.42 Å². The van der Waals surface area contributed by atoms with Gasteiger partial charge in [-0.15, -0.1) is 0 Å². The van der Waals surface area contributed by atoms with Gasteiger partial charge in [-0.3, -0.25) is 4.79 Å². The molecular formula is C48H81NO8. The summed E-state index contributed by atoms with van der Waals surface area (Å²) in [5, 5.41) is 53.6. The van der Waals surface area contributed by atoms with Gasteiger partial charge in [-0.05, 0) is 70.6 Å². The van der Waals surface area contributed by atoms with Crippen LogP contribution in [0.15, 0.2) is 85.1 Å². The molecule has 1 amide bonds. The Hall–Kier alpha value is -2.63. The highest BCUT2D eigenvalue weighted by atomic mass is 16.7. The van der Waals surface area contributed by atoms with Gasteiger partial charge in [0.1, 0.15) is 24.4 Å². The number of amides is 1. The van der Waals surface area contributed by atoms with Crippen LogP contribution in [-0.2, 0) is 14.3 Å². The van der Waals surface area contributed by atoms with Crippen LogP contribution in [0.5, 0.6) is 0 Å². The molecule has 0 aromatic heterocycles. The molecule has 0 bridgehead atoms. The van der Waals surface area contributed by atoms with Gasteiger partial charge in [-0.1, -0.05) is 163 Å². The molecule has 1 heterocycles. The fourth-order valence-electron chi connectivity index (χ4n) is 6.39. The molecule has 1 aliphatic rings. The lowest BCUT2D eigenvalue weighted by molar-refractivity contribution is -0.302. The van der Waals surface area contributed by atoms with Crippen LogP contribution in [0.4, 0.5) is 0 Å². The number of rotatable bonds is 35. The van der Waals surface area contributed by atoms with Crippen LogP contribution in [0, 0.1) is 0 Å². The van der Waals surface area contributed by atoms with Gasteiger partial charge in [0.15, 0.2) is 6.29 Å². The number of nitrogens with one attached hydrogen (secondary N) is 1. The second-order valence-electron chi connectivity index (χ2n) is 15.1. The lowest BCUT2D eigenvalue weighted by Crippen LogP contribution is -2.60. The number of carbonyl (C=O) groups excluding carboxylic acids is 1. The van der Waals surface area contributed by atoms with Gasteiger partial charge in [0, 0.05) is 6.42 Å². The molecule has 9 nitrogen and oxygen atoms in total. The third-order valence-corrected chi connectivity index (χ3v) is 9.98. The Kier molecular flexibility index (Phi) is 34.6.